The number of piperidine rings is 1. The number of nitrogens with zero attached hydrogens (tertiary/aromatic N) is 1. The van der Waals surface area contributed by atoms with Crippen molar-refractivity contribution in [3.63, 3.8) is 0 Å². The fourth-order valence-corrected chi connectivity index (χ4v) is 2.94. The topological polar surface area (TPSA) is 44.4 Å². The lowest BCUT2D eigenvalue weighted by Gasteiger charge is -2.29. The second-order valence-corrected chi connectivity index (χ2v) is 5.50. The van der Waals surface area contributed by atoms with Crippen LogP contribution in [0.2, 0.25) is 0 Å². The highest BCUT2D eigenvalue weighted by atomic mass is 16.2. The fraction of sp³-hybridized carbons (Fsp3) is 0.923. The minimum Gasteiger partial charge on any atom is -0.355 e. The number of likely N-dealkylation sites (tertiary alicyclic amines) is 1. The molecule has 1 amide bonds. The monoisotopic (exact) mass is 239 g/mol. The van der Waals surface area contributed by atoms with E-state index in [2.05, 4.69) is 22.6 Å². The molecule has 2 rings (SSSR count). The maximum atomic E-state index is 11.8. The highest BCUT2D eigenvalue weighted by Gasteiger charge is 2.22. The summed E-state index contributed by atoms with van der Waals surface area (Å²) < 4.78 is 0. The Kier molecular flexibility index (Phi) is 4.80. The van der Waals surface area contributed by atoms with Crippen molar-refractivity contribution >= 4 is 5.91 Å². The van der Waals surface area contributed by atoms with Gasteiger partial charge < -0.3 is 15.5 Å². The van der Waals surface area contributed by atoms with Crippen molar-refractivity contribution in [3.05, 3.63) is 0 Å². The molecular formula is C13H25N3O. The van der Waals surface area contributed by atoms with Crippen molar-refractivity contribution in [2.45, 2.75) is 38.1 Å². The molecule has 0 aliphatic carbocycles. The van der Waals surface area contributed by atoms with Gasteiger partial charge in [0, 0.05) is 13.1 Å². The van der Waals surface area contributed by atoms with Crippen molar-refractivity contribution in [3.8, 4) is 0 Å². The summed E-state index contributed by atoms with van der Waals surface area (Å²) in [5, 5.41) is 6.30. The Labute approximate surface area is 104 Å². The Bertz CT molecular complexity index is 251. The molecule has 17 heavy (non-hydrogen) atoms. The molecule has 2 N–H and O–H groups in total. The Morgan fingerprint density at radius 2 is 2.29 bits per heavy atom. The molecular weight excluding hydrogens is 214 g/mol. The molecule has 2 aliphatic heterocycles. The Morgan fingerprint density at radius 3 is 3.00 bits per heavy atom. The Morgan fingerprint density at radius 1 is 1.41 bits per heavy atom. The molecule has 0 spiro atoms. The van der Waals surface area contributed by atoms with E-state index in [-0.39, 0.29) is 11.9 Å². The minimum absolute atomic E-state index is 0.0732. The molecule has 0 aromatic carbocycles. The average molecular weight is 239 g/mol. The molecule has 2 atom stereocenters. The third kappa shape index (κ3) is 3.96. The van der Waals surface area contributed by atoms with Gasteiger partial charge in [0.15, 0.2) is 0 Å². The SMILES string of the molecule is CN1CCCC(CCNC(=O)C2CCCN2)C1. The number of carbonyl (C=O) groups excluding carboxylic acids is 1. The highest BCUT2D eigenvalue weighted by molar-refractivity contribution is 5.81. The van der Waals surface area contributed by atoms with Crippen LogP contribution in [0.1, 0.15) is 32.1 Å². The van der Waals surface area contributed by atoms with Crippen LogP contribution >= 0.6 is 0 Å². The summed E-state index contributed by atoms with van der Waals surface area (Å²) in [5.74, 6) is 0.970. The number of rotatable bonds is 4. The molecule has 2 fully saturated rings. The number of nitrogens with one attached hydrogen (secondary N) is 2. The minimum atomic E-state index is 0.0732. The first-order valence-corrected chi connectivity index (χ1v) is 6.95. The molecule has 4 heteroatoms. The Hall–Kier alpha value is -0.610. The second-order valence-electron chi connectivity index (χ2n) is 5.50. The normalized spacial score (nSPS) is 30.4. The fourth-order valence-electron chi connectivity index (χ4n) is 2.94. The van der Waals surface area contributed by atoms with Crippen LogP contribution in [-0.2, 0) is 4.79 Å². The van der Waals surface area contributed by atoms with Gasteiger partial charge in [-0.15, -0.1) is 0 Å². The van der Waals surface area contributed by atoms with E-state index in [1.807, 2.05) is 0 Å². The molecule has 2 aliphatic rings. The summed E-state index contributed by atoms with van der Waals surface area (Å²) in [6.07, 6.45) is 5.88. The van der Waals surface area contributed by atoms with Gasteiger partial charge in [-0.3, -0.25) is 4.79 Å². The van der Waals surface area contributed by atoms with Gasteiger partial charge in [0.05, 0.1) is 6.04 Å². The van der Waals surface area contributed by atoms with E-state index < -0.39 is 0 Å². The number of hydrogen-bond donors (Lipinski definition) is 2. The first-order valence-electron chi connectivity index (χ1n) is 6.95. The molecule has 4 nitrogen and oxygen atoms in total. The van der Waals surface area contributed by atoms with Crippen LogP contribution in [0.15, 0.2) is 0 Å². The van der Waals surface area contributed by atoms with Crippen LogP contribution in [0, 0.1) is 5.92 Å². The molecule has 2 unspecified atom stereocenters. The Balaban J connectivity index is 1.60. The van der Waals surface area contributed by atoms with Gasteiger partial charge in [-0.25, -0.2) is 0 Å². The zero-order valence-electron chi connectivity index (χ0n) is 10.9. The molecule has 2 saturated heterocycles. The van der Waals surface area contributed by atoms with Gasteiger partial charge >= 0.3 is 0 Å². The van der Waals surface area contributed by atoms with Crippen LogP contribution in [-0.4, -0.2) is 50.1 Å². The quantitative estimate of drug-likeness (QED) is 0.754. The van der Waals surface area contributed by atoms with Gasteiger partial charge in [-0.05, 0) is 58.2 Å². The van der Waals surface area contributed by atoms with Gasteiger partial charge in [0.2, 0.25) is 5.91 Å². The largest absolute Gasteiger partial charge is 0.355 e. The van der Waals surface area contributed by atoms with Gasteiger partial charge in [0.25, 0.3) is 0 Å². The van der Waals surface area contributed by atoms with Gasteiger partial charge in [-0.1, -0.05) is 0 Å². The van der Waals surface area contributed by atoms with E-state index in [0.717, 1.165) is 38.3 Å². The summed E-state index contributed by atoms with van der Waals surface area (Å²) in [4.78, 5) is 14.2. The van der Waals surface area contributed by atoms with E-state index in [1.54, 1.807) is 0 Å². The number of carbonyl (C=O) groups is 1. The van der Waals surface area contributed by atoms with Crippen LogP contribution in [0.5, 0.6) is 0 Å². The van der Waals surface area contributed by atoms with Crippen molar-refractivity contribution in [2.75, 3.05) is 33.2 Å². The van der Waals surface area contributed by atoms with E-state index in [0.29, 0.717) is 0 Å². The molecule has 98 valence electrons. The lowest BCUT2D eigenvalue weighted by molar-refractivity contribution is -0.122. The van der Waals surface area contributed by atoms with Crippen LogP contribution in [0.3, 0.4) is 0 Å². The van der Waals surface area contributed by atoms with E-state index in [9.17, 15) is 4.79 Å². The van der Waals surface area contributed by atoms with Crippen LogP contribution in [0.25, 0.3) is 0 Å². The van der Waals surface area contributed by atoms with E-state index in [4.69, 9.17) is 0 Å². The summed E-state index contributed by atoms with van der Waals surface area (Å²) in [6, 6.07) is 0.0732. The molecule has 2 heterocycles. The molecule has 0 saturated carbocycles. The third-order valence-corrected chi connectivity index (χ3v) is 3.95. The van der Waals surface area contributed by atoms with Crippen molar-refractivity contribution in [1.29, 1.82) is 0 Å². The van der Waals surface area contributed by atoms with Crippen LogP contribution < -0.4 is 10.6 Å². The summed E-state index contributed by atoms with van der Waals surface area (Å²) >= 11 is 0. The maximum Gasteiger partial charge on any atom is 0.237 e. The predicted octanol–water partition coefficient (Wildman–Crippen LogP) is 0.587. The zero-order chi connectivity index (χ0) is 12.1. The highest BCUT2D eigenvalue weighted by Crippen LogP contribution is 2.17. The summed E-state index contributed by atoms with van der Waals surface area (Å²) in [7, 11) is 2.19. The zero-order valence-corrected chi connectivity index (χ0v) is 10.9. The van der Waals surface area contributed by atoms with Crippen molar-refractivity contribution in [1.82, 2.24) is 15.5 Å². The number of hydrogen-bond acceptors (Lipinski definition) is 3. The van der Waals surface area contributed by atoms with Crippen LogP contribution in [0.4, 0.5) is 0 Å². The van der Waals surface area contributed by atoms with E-state index >= 15 is 0 Å². The first kappa shape index (κ1) is 12.8. The van der Waals surface area contributed by atoms with Gasteiger partial charge in [0.1, 0.15) is 0 Å². The standard InChI is InChI=1S/C13H25N3O/c1-16-9-3-4-11(10-16)6-8-15-13(17)12-5-2-7-14-12/h11-12,14H,2-10H2,1H3,(H,15,17). The average Bonchev–Trinajstić information content (AvgIpc) is 2.82. The molecule has 0 aromatic rings. The molecule has 0 aromatic heterocycles. The van der Waals surface area contributed by atoms with Crippen molar-refractivity contribution in [2.24, 2.45) is 5.92 Å². The van der Waals surface area contributed by atoms with E-state index in [1.165, 1.54) is 25.9 Å². The first-order chi connectivity index (χ1) is 8.25. The van der Waals surface area contributed by atoms with Gasteiger partial charge in [-0.2, -0.15) is 0 Å². The lowest BCUT2D eigenvalue weighted by Crippen LogP contribution is -2.41. The lowest BCUT2D eigenvalue weighted by atomic mass is 9.95. The smallest absolute Gasteiger partial charge is 0.237 e. The summed E-state index contributed by atoms with van der Waals surface area (Å²) in [6.45, 7) is 4.26. The molecule has 0 bridgehead atoms. The van der Waals surface area contributed by atoms with Crippen molar-refractivity contribution < 1.29 is 4.79 Å². The molecule has 0 radical (unpaired) electrons. The third-order valence-electron chi connectivity index (χ3n) is 3.95. The second kappa shape index (κ2) is 6.36. The predicted molar refractivity (Wildman–Crippen MR) is 68.9 cm³/mol. The maximum absolute atomic E-state index is 11.8. The summed E-state index contributed by atoms with van der Waals surface area (Å²) in [5.41, 5.74) is 0. The number of amides is 1.